The van der Waals surface area contributed by atoms with Crippen molar-refractivity contribution in [2.75, 3.05) is 0 Å². The summed E-state index contributed by atoms with van der Waals surface area (Å²) in [6.45, 7) is 2.05. The van der Waals surface area contributed by atoms with Crippen LogP contribution in [0.5, 0.6) is 0 Å². The molecule has 0 amide bonds. The standard InChI is InChI=1S/C11H19N3/c1-9-13-7-8-14(9)11-6-4-2-3-5-10(11)12/h7-8,10-11H,2-6,12H2,1H3. The fraction of sp³-hybridized carbons (Fsp3) is 0.727. The zero-order chi connectivity index (χ0) is 9.97. The predicted octanol–water partition coefficient (Wildman–Crippen LogP) is 2.02. The third-order valence-electron chi connectivity index (χ3n) is 3.25. The van der Waals surface area contributed by atoms with E-state index in [0.29, 0.717) is 12.1 Å². The second-order valence-electron chi connectivity index (χ2n) is 4.25. The van der Waals surface area contributed by atoms with E-state index in [4.69, 9.17) is 5.73 Å². The van der Waals surface area contributed by atoms with Crippen LogP contribution in [0.15, 0.2) is 12.4 Å². The van der Waals surface area contributed by atoms with Gasteiger partial charge in [0.1, 0.15) is 5.82 Å². The summed E-state index contributed by atoms with van der Waals surface area (Å²) in [4.78, 5) is 4.26. The van der Waals surface area contributed by atoms with Crippen LogP contribution in [0.4, 0.5) is 0 Å². The second-order valence-corrected chi connectivity index (χ2v) is 4.25. The minimum absolute atomic E-state index is 0.311. The van der Waals surface area contributed by atoms with Gasteiger partial charge >= 0.3 is 0 Å². The van der Waals surface area contributed by atoms with Crippen molar-refractivity contribution in [1.29, 1.82) is 0 Å². The quantitative estimate of drug-likeness (QED) is 0.693. The molecule has 2 unspecified atom stereocenters. The maximum absolute atomic E-state index is 6.19. The van der Waals surface area contributed by atoms with Crippen molar-refractivity contribution in [3.8, 4) is 0 Å². The molecule has 78 valence electrons. The van der Waals surface area contributed by atoms with Crippen molar-refractivity contribution >= 4 is 0 Å². The lowest BCUT2D eigenvalue weighted by atomic mass is 10.0. The Bertz CT molecular complexity index is 292. The maximum atomic E-state index is 6.19. The zero-order valence-corrected chi connectivity index (χ0v) is 8.82. The summed E-state index contributed by atoms with van der Waals surface area (Å²) >= 11 is 0. The van der Waals surface area contributed by atoms with Gasteiger partial charge in [-0.3, -0.25) is 0 Å². The second kappa shape index (κ2) is 4.13. The molecule has 1 aliphatic rings. The van der Waals surface area contributed by atoms with E-state index in [1.807, 2.05) is 6.20 Å². The van der Waals surface area contributed by atoms with E-state index in [1.165, 1.54) is 25.7 Å². The molecule has 1 aliphatic carbocycles. The van der Waals surface area contributed by atoms with E-state index in [-0.39, 0.29) is 0 Å². The summed E-state index contributed by atoms with van der Waals surface area (Å²) < 4.78 is 2.25. The third kappa shape index (κ3) is 1.82. The molecule has 2 atom stereocenters. The first-order valence-corrected chi connectivity index (χ1v) is 5.54. The summed E-state index contributed by atoms with van der Waals surface area (Å²) in [5.74, 6) is 1.09. The SMILES string of the molecule is Cc1nccn1C1CCCCCC1N. The number of rotatable bonds is 1. The molecule has 0 radical (unpaired) electrons. The molecular weight excluding hydrogens is 174 g/mol. The van der Waals surface area contributed by atoms with Gasteiger partial charge in [0.05, 0.1) is 0 Å². The first-order valence-electron chi connectivity index (χ1n) is 5.54. The van der Waals surface area contributed by atoms with Gasteiger partial charge in [-0.1, -0.05) is 19.3 Å². The Morgan fingerprint density at radius 1 is 1.36 bits per heavy atom. The summed E-state index contributed by atoms with van der Waals surface area (Å²) in [5.41, 5.74) is 6.19. The molecule has 2 rings (SSSR count). The number of aryl methyl sites for hydroxylation is 1. The van der Waals surface area contributed by atoms with Gasteiger partial charge < -0.3 is 10.3 Å². The Labute approximate surface area is 85.3 Å². The van der Waals surface area contributed by atoms with Crippen LogP contribution in [0, 0.1) is 6.92 Å². The summed E-state index contributed by atoms with van der Waals surface area (Å²) in [6.07, 6.45) is 10.2. The van der Waals surface area contributed by atoms with Crippen LogP contribution in [0.25, 0.3) is 0 Å². The molecule has 3 heteroatoms. The van der Waals surface area contributed by atoms with Crippen LogP contribution in [0.3, 0.4) is 0 Å². The van der Waals surface area contributed by atoms with Crippen LogP contribution in [0.1, 0.15) is 44.0 Å². The average molecular weight is 193 g/mol. The highest BCUT2D eigenvalue weighted by Crippen LogP contribution is 2.26. The normalized spacial score (nSPS) is 28.7. The molecule has 3 nitrogen and oxygen atoms in total. The van der Waals surface area contributed by atoms with Gasteiger partial charge in [0.25, 0.3) is 0 Å². The molecule has 2 N–H and O–H groups in total. The lowest BCUT2D eigenvalue weighted by molar-refractivity contribution is 0.382. The highest BCUT2D eigenvalue weighted by atomic mass is 15.1. The van der Waals surface area contributed by atoms with Gasteiger partial charge in [-0.2, -0.15) is 0 Å². The van der Waals surface area contributed by atoms with Crippen LogP contribution in [0.2, 0.25) is 0 Å². The Morgan fingerprint density at radius 2 is 2.14 bits per heavy atom. The zero-order valence-electron chi connectivity index (χ0n) is 8.82. The molecule has 0 aromatic carbocycles. The Hall–Kier alpha value is -0.830. The maximum Gasteiger partial charge on any atom is 0.105 e. The van der Waals surface area contributed by atoms with Crippen molar-refractivity contribution in [2.24, 2.45) is 5.73 Å². The van der Waals surface area contributed by atoms with E-state index in [0.717, 1.165) is 12.2 Å². The summed E-state index contributed by atoms with van der Waals surface area (Å²) in [6, 6.07) is 0.783. The molecule has 1 aromatic heterocycles. The van der Waals surface area contributed by atoms with Crippen molar-refractivity contribution < 1.29 is 0 Å². The van der Waals surface area contributed by atoms with E-state index in [9.17, 15) is 0 Å². The molecular formula is C11H19N3. The first-order chi connectivity index (χ1) is 6.79. The van der Waals surface area contributed by atoms with E-state index in [1.54, 1.807) is 0 Å². The Morgan fingerprint density at radius 3 is 2.86 bits per heavy atom. The largest absolute Gasteiger partial charge is 0.331 e. The molecule has 1 saturated carbocycles. The smallest absolute Gasteiger partial charge is 0.105 e. The van der Waals surface area contributed by atoms with Gasteiger partial charge in [-0.25, -0.2) is 4.98 Å². The minimum atomic E-state index is 0.311. The van der Waals surface area contributed by atoms with Crippen LogP contribution in [-0.2, 0) is 0 Å². The fourth-order valence-corrected chi connectivity index (χ4v) is 2.40. The number of hydrogen-bond acceptors (Lipinski definition) is 2. The van der Waals surface area contributed by atoms with E-state index < -0.39 is 0 Å². The number of hydrogen-bond donors (Lipinski definition) is 1. The average Bonchev–Trinajstić information content (AvgIpc) is 2.46. The highest BCUT2D eigenvalue weighted by Gasteiger charge is 2.22. The fourth-order valence-electron chi connectivity index (χ4n) is 2.40. The van der Waals surface area contributed by atoms with Gasteiger partial charge in [0, 0.05) is 24.5 Å². The van der Waals surface area contributed by atoms with Gasteiger partial charge in [0.15, 0.2) is 0 Å². The van der Waals surface area contributed by atoms with Crippen LogP contribution < -0.4 is 5.73 Å². The molecule has 14 heavy (non-hydrogen) atoms. The molecule has 1 aromatic rings. The molecule has 0 aliphatic heterocycles. The molecule has 0 spiro atoms. The van der Waals surface area contributed by atoms with Crippen molar-refractivity contribution in [1.82, 2.24) is 9.55 Å². The topological polar surface area (TPSA) is 43.8 Å². The monoisotopic (exact) mass is 193 g/mol. The predicted molar refractivity (Wildman–Crippen MR) is 57.1 cm³/mol. The number of nitrogens with two attached hydrogens (primary N) is 1. The lowest BCUT2D eigenvalue weighted by Crippen LogP contribution is -2.31. The summed E-state index contributed by atoms with van der Waals surface area (Å²) in [7, 11) is 0. The number of nitrogens with zero attached hydrogens (tertiary/aromatic N) is 2. The van der Waals surface area contributed by atoms with Gasteiger partial charge in [0.2, 0.25) is 0 Å². The van der Waals surface area contributed by atoms with E-state index in [2.05, 4.69) is 22.7 Å². The van der Waals surface area contributed by atoms with Crippen molar-refractivity contribution in [3.63, 3.8) is 0 Å². The number of imidazole rings is 1. The number of aromatic nitrogens is 2. The Balaban J connectivity index is 2.19. The lowest BCUT2D eigenvalue weighted by Gasteiger charge is -2.23. The molecule has 1 fully saturated rings. The highest BCUT2D eigenvalue weighted by molar-refractivity contribution is 4.95. The van der Waals surface area contributed by atoms with Gasteiger partial charge in [-0.15, -0.1) is 0 Å². The molecule has 0 saturated heterocycles. The summed E-state index contributed by atoms with van der Waals surface area (Å²) in [5, 5.41) is 0. The van der Waals surface area contributed by atoms with E-state index >= 15 is 0 Å². The molecule has 1 heterocycles. The van der Waals surface area contributed by atoms with Crippen LogP contribution >= 0.6 is 0 Å². The third-order valence-corrected chi connectivity index (χ3v) is 3.25. The minimum Gasteiger partial charge on any atom is -0.331 e. The van der Waals surface area contributed by atoms with Crippen molar-refractivity contribution in [3.05, 3.63) is 18.2 Å². The van der Waals surface area contributed by atoms with Gasteiger partial charge in [-0.05, 0) is 19.8 Å². The molecule has 0 bridgehead atoms. The Kier molecular flexibility index (Phi) is 2.87. The van der Waals surface area contributed by atoms with Crippen molar-refractivity contribution in [2.45, 2.75) is 51.1 Å². The van der Waals surface area contributed by atoms with Crippen LogP contribution in [-0.4, -0.2) is 15.6 Å². The first kappa shape index (κ1) is 9.71.